The molecule has 0 bridgehead atoms. The lowest BCUT2D eigenvalue weighted by atomic mass is 10.2. The van der Waals surface area contributed by atoms with E-state index in [9.17, 15) is 5.11 Å². The first-order valence-electron chi connectivity index (χ1n) is 4.87. The second-order valence-corrected chi connectivity index (χ2v) is 3.34. The molecule has 0 unspecified atom stereocenters. The van der Waals surface area contributed by atoms with Gasteiger partial charge in [-0.05, 0) is 42.0 Å². The number of aromatic hydroxyl groups is 2. The maximum atomic E-state index is 9.48. The van der Waals surface area contributed by atoms with Crippen LogP contribution in [-0.4, -0.2) is 16.4 Å². The molecule has 2 N–H and O–H groups in total. The highest BCUT2D eigenvalue weighted by molar-refractivity contribution is 5.82. The Morgan fingerprint density at radius 3 is 2.25 bits per heavy atom. The van der Waals surface area contributed by atoms with Crippen LogP contribution in [0.4, 0.5) is 5.69 Å². The predicted molar refractivity (Wildman–Crippen MR) is 63.5 cm³/mol. The molecule has 0 aliphatic heterocycles. The molecule has 3 nitrogen and oxygen atoms in total. The van der Waals surface area contributed by atoms with Gasteiger partial charge in [-0.25, -0.2) is 0 Å². The fourth-order valence-electron chi connectivity index (χ4n) is 1.28. The Morgan fingerprint density at radius 2 is 1.56 bits per heavy atom. The van der Waals surface area contributed by atoms with Crippen molar-refractivity contribution < 1.29 is 10.2 Å². The third-order valence-corrected chi connectivity index (χ3v) is 2.13. The van der Waals surface area contributed by atoms with E-state index in [4.69, 9.17) is 5.11 Å². The van der Waals surface area contributed by atoms with Gasteiger partial charge in [0.15, 0.2) is 0 Å². The van der Waals surface area contributed by atoms with Crippen molar-refractivity contribution in [2.45, 2.75) is 0 Å². The van der Waals surface area contributed by atoms with Crippen LogP contribution >= 0.6 is 0 Å². The Bertz CT molecular complexity index is 504. The molecule has 0 radical (unpaired) electrons. The van der Waals surface area contributed by atoms with Crippen LogP contribution in [0.15, 0.2) is 53.5 Å². The quantitative estimate of drug-likeness (QED) is 0.753. The summed E-state index contributed by atoms with van der Waals surface area (Å²) >= 11 is 0. The van der Waals surface area contributed by atoms with Gasteiger partial charge in [0.05, 0.1) is 0 Å². The summed E-state index contributed by atoms with van der Waals surface area (Å²) in [6.45, 7) is 0. The van der Waals surface area contributed by atoms with Gasteiger partial charge in [0.1, 0.15) is 17.2 Å². The number of nitrogens with zero attached hydrogens (tertiary/aromatic N) is 1. The van der Waals surface area contributed by atoms with Gasteiger partial charge >= 0.3 is 0 Å². The Balaban J connectivity index is 2.21. The molecule has 0 amide bonds. The van der Waals surface area contributed by atoms with E-state index < -0.39 is 0 Å². The Hall–Kier alpha value is -2.29. The molecule has 16 heavy (non-hydrogen) atoms. The number of aliphatic imine (C=N–C) groups is 1. The van der Waals surface area contributed by atoms with E-state index in [1.807, 2.05) is 6.07 Å². The lowest BCUT2D eigenvalue weighted by Gasteiger charge is -1.97. The van der Waals surface area contributed by atoms with Crippen LogP contribution in [0.3, 0.4) is 0 Å². The zero-order valence-corrected chi connectivity index (χ0v) is 8.54. The topological polar surface area (TPSA) is 52.8 Å². The lowest BCUT2D eigenvalue weighted by molar-refractivity contribution is 0.475. The number of rotatable bonds is 2. The minimum atomic E-state index is 0.150. The molecule has 0 aliphatic carbocycles. The molecule has 0 saturated carbocycles. The number of hydrogen-bond donors (Lipinski definition) is 2. The van der Waals surface area contributed by atoms with Crippen molar-refractivity contribution in [2.24, 2.45) is 4.99 Å². The molecule has 0 spiro atoms. The summed E-state index contributed by atoms with van der Waals surface area (Å²) in [5, 5.41) is 18.6. The van der Waals surface area contributed by atoms with Gasteiger partial charge in [0.25, 0.3) is 0 Å². The van der Waals surface area contributed by atoms with E-state index in [1.165, 1.54) is 0 Å². The summed E-state index contributed by atoms with van der Waals surface area (Å²) in [6.07, 6.45) is 1.63. The molecule has 0 saturated heterocycles. The van der Waals surface area contributed by atoms with Crippen LogP contribution in [0.1, 0.15) is 5.56 Å². The average molecular weight is 213 g/mol. The number of benzene rings is 2. The van der Waals surface area contributed by atoms with Crippen molar-refractivity contribution in [2.75, 3.05) is 0 Å². The van der Waals surface area contributed by atoms with Crippen molar-refractivity contribution in [1.29, 1.82) is 0 Å². The standard InChI is InChI=1S/C13H11NO2/c15-11-7-5-10(6-8-11)9-14-12-3-1-2-4-13(12)16/h1-9,15-16H. The van der Waals surface area contributed by atoms with Crippen LogP contribution < -0.4 is 0 Å². The molecule has 0 atom stereocenters. The van der Waals surface area contributed by atoms with Crippen molar-refractivity contribution >= 4 is 11.9 Å². The van der Waals surface area contributed by atoms with Crippen LogP contribution in [0.5, 0.6) is 11.5 Å². The van der Waals surface area contributed by atoms with Crippen molar-refractivity contribution in [3.8, 4) is 11.5 Å². The fourth-order valence-corrected chi connectivity index (χ4v) is 1.28. The molecule has 0 aliphatic rings. The van der Waals surface area contributed by atoms with E-state index in [1.54, 1.807) is 48.7 Å². The Morgan fingerprint density at radius 1 is 0.875 bits per heavy atom. The number of para-hydroxylation sites is 2. The average Bonchev–Trinajstić information content (AvgIpc) is 2.30. The Kier molecular flexibility index (Phi) is 2.87. The molecule has 3 heteroatoms. The molecular formula is C13H11NO2. The Labute approximate surface area is 93.3 Å². The lowest BCUT2D eigenvalue weighted by Crippen LogP contribution is -1.78. The number of hydrogen-bond acceptors (Lipinski definition) is 3. The van der Waals surface area contributed by atoms with Crippen LogP contribution in [-0.2, 0) is 0 Å². The van der Waals surface area contributed by atoms with Gasteiger partial charge in [-0.15, -0.1) is 0 Å². The normalized spacial score (nSPS) is 10.8. The highest BCUT2D eigenvalue weighted by atomic mass is 16.3. The minimum absolute atomic E-state index is 0.150. The van der Waals surface area contributed by atoms with Gasteiger partial charge in [-0.1, -0.05) is 12.1 Å². The van der Waals surface area contributed by atoms with Gasteiger partial charge < -0.3 is 10.2 Å². The third-order valence-electron chi connectivity index (χ3n) is 2.13. The van der Waals surface area contributed by atoms with E-state index in [0.717, 1.165) is 5.56 Å². The summed E-state index contributed by atoms with van der Waals surface area (Å²) in [7, 11) is 0. The molecule has 0 fully saturated rings. The number of phenolic OH excluding ortho intramolecular Hbond substituents is 2. The number of phenols is 2. The smallest absolute Gasteiger partial charge is 0.141 e. The van der Waals surface area contributed by atoms with Crippen LogP contribution in [0, 0.1) is 0 Å². The van der Waals surface area contributed by atoms with E-state index in [-0.39, 0.29) is 11.5 Å². The zero-order valence-electron chi connectivity index (χ0n) is 8.54. The maximum absolute atomic E-state index is 9.48. The monoisotopic (exact) mass is 213 g/mol. The van der Waals surface area contributed by atoms with E-state index >= 15 is 0 Å². The molecule has 0 aromatic heterocycles. The molecule has 2 aromatic carbocycles. The van der Waals surface area contributed by atoms with Gasteiger partial charge in [0, 0.05) is 6.21 Å². The second-order valence-electron chi connectivity index (χ2n) is 3.34. The molecule has 80 valence electrons. The molecule has 0 heterocycles. The summed E-state index contributed by atoms with van der Waals surface area (Å²) in [4.78, 5) is 4.15. The van der Waals surface area contributed by atoms with Crippen molar-refractivity contribution in [3.05, 3.63) is 54.1 Å². The highest BCUT2D eigenvalue weighted by Crippen LogP contribution is 2.24. The highest BCUT2D eigenvalue weighted by Gasteiger charge is 1.95. The van der Waals surface area contributed by atoms with E-state index in [0.29, 0.717) is 5.69 Å². The van der Waals surface area contributed by atoms with Gasteiger partial charge in [-0.2, -0.15) is 0 Å². The first kappa shape index (κ1) is 10.2. The van der Waals surface area contributed by atoms with Crippen LogP contribution in [0.25, 0.3) is 0 Å². The maximum Gasteiger partial charge on any atom is 0.141 e. The fraction of sp³-hybridized carbons (Fsp3) is 0. The molecular weight excluding hydrogens is 202 g/mol. The van der Waals surface area contributed by atoms with Gasteiger partial charge in [-0.3, -0.25) is 4.99 Å². The van der Waals surface area contributed by atoms with Crippen molar-refractivity contribution in [3.63, 3.8) is 0 Å². The zero-order chi connectivity index (χ0) is 11.4. The summed E-state index contributed by atoms with van der Waals surface area (Å²) in [5.74, 6) is 0.372. The van der Waals surface area contributed by atoms with E-state index in [2.05, 4.69) is 4.99 Å². The van der Waals surface area contributed by atoms with Crippen molar-refractivity contribution in [1.82, 2.24) is 0 Å². The summed E-state index contributed by atoms with van der Waals surface area (Å²) in [6, 6.07) is 13.5. The predicted octanol–water partition coefficient (Wildman–Crippen LogP) is 2.85. The SMILES string of the molecule is Oc1ccc(C=Nc2ccccc2O)cc1. The van der Waals surface area contributed by atoms with Crippen LogP contribution in [0.2, 0.25) is 0 Å². The summed E-state index contributed by atoms with van der Waals surface area (Å²) < 4.78 is 0. The minimum Gasteiger partial charge on any atom is -0.508 e. The van der Waals surface area contributed by atoms with Gasteiger partial charge in [0.2, 0.25) is 0 Å². The first-order valence-corrected chi connectivity index (χ1v) is 4.87. The molecule has 2 rings (SSSR count). The third kappa shape index (κ3) is 2.39. The second kappa shape index (κ2) is 4.49. The first-order chi connectivity index (χ1) is 7.75. The summed E-state index contributed by atoms with van der Waals surface area (Å²) in [5.41, 5.74) is 1.39. The largest absolute Gasteiger partial charge is 0.508 e. The molecule has 2 aromatic rings.